The molecule has 2 rings (SSSR count). The van der Waals surface area contributed by atoms with E-state index in [9.17, 15) is 9.90 Å². The predicted molar refractivity (Wildman–Crippen MR) is 71.6 cm³/mol. The summed E-state index contributed by atoms with van der Waals surface area (Å²) in [4.78, 5) is 13.8. The Morgan fingerprint density at radius 1 is 1.39 bits per heavy atom. The molecule has 0 aliphatic heterocycles. The van der Waals surface area contributed by atoms with Crippen LogP contribution in [-0.2, 0) is 6.54 Å². The summed E-state index contributed by atoms with van der Waals surface area (Å²) in [6, 6.07) is 5.46. The first kappa shape index (κ1) is 13.3. The summed E-state index contributed by atoms with van der Waals surface area (Å²) >= 11 is 0. The van der Waals surface area contributed by atoms with Gasteiger partial charge in [-0.15, -0.1) is 0 Å². The summed E-state index contributed by atoms with van der Waals surface area (Å²) in [6.07, 6.45) is 5.88. The molecule has 0 amide bonds. The molecule has 2 unspecified atom stereocenters. The van der Waals surface area contributed by atoms with Crippen LogP contribution >= 0.6 is 0 Å². The summed E-state index contributed by atoms with van der Waals surface area (Å²) < 4.78 is 1.71. The van der Waals surface area contributed by atoms with Crippen molar-refractivity contribution in [1.29, 1.82) is 0 Å². The minimum absolute atomic E-state index is 0.0371. The standard InChI is InChI=1S/C14H22N2O2/c1-15(12-6-2-3-7-13(12)17)10-11-16-9-5-4-8-14(16)18/h4-5,8-9,12-13,17H,2-3,6-7,10-11H2,1H3. The van der Waals surface area contributed by atoms with Gasteiger partial charge >= 0.3 is 0 Å². The third kappa shape index (κ3) is 3.21. The van der Waals surface area contributed by atoms with Gasteiger partial charge in [-0.3, -0.25) is 9.69 Å². The molecule has 18 heavy (non-hydrogen) atoms. The molecule has 4 nitrogen and oxygen atoms in total. The molecule has 0 saturated heterocycles. The van der Waals surface area contributed by atoms with Gasteiger partial charge in [0.2, 0.25) is 0 Å². The van der Waals surface area contributed by atoms with Crippen molar-refractivity contribution in [1.82, 2.24) is 9.47 Å². The lowest BCUT2D eigenvalue weighted by Gasteiger charge is -2.35. The number of nitrogens with zero attached hydrogens (tertiary/aromatic N) is 2. The van der Waals surface area contributed by atoms with Gasteiger partial charge in [-0.25, -0.2) is 0 Å². The van der Waals surface area contributed by atoms with Crippen LogP contribution in [0.15, 0.2) is 29.2 Å². The lowest BCUT2D eigenvalue weighted by Crippen LogP contribution is -2.44. The monoisotopic (exact) mass is 250 g/mol. The third-order valence-corrected chi connectivity index (χ3v) is 3.85. The number of pyridine rings is 1. The van der Waals surface area contributed by atoms with E-state index in [2.05, 4.69) is 4.90 Å². The summed E-state index contributed by atoms with van der Waals surface area (Å²) in [6.45, 7) is 1.48. The molecule has 2 atom stereocenters. The average Bonchev–Trinajstić information content (AvgIpc) is 2.38. The molecule has 1 aromatic heterocycles. The smallest absolute Gasteiger partial charge is 0.250 e. The highest BCUT2D eigenvalue weighted by Crippen LogP contribution is 2.22. The van der Waals surface area contributed by atoms with Crippen LogP contribution in [0, 0.1) is 0 Å². The zero-order valence-corrected chi connectivity index (χ0v) is 11.0. The fraction of sp³-hybridized carbons (Fsp3) is 0.643. The van der Waals surface area contributed by atoms with Crippen LogP contribution in [0.5, 0.6) is 0 Å². The second-order valence-electron chi connectivity index (χ2n) is 5.13. The Morgan fingerprint density at radius 2 is 2.17 bits per heavy atom. The number of aromatic nitrogens is 1. The minimum atomic E-state index is -0.212. The Bertz CT molecular complexity index is 430. The van der Waals surface area contributed by atoms with Gasteiger partial charge in [0.05, 0.1) is 6.10 Å². The van der Waals surface area contributed by atoms with E-state index in [1.54, 1.807) is 16.7 Å². The van der Waals surface area contributed by atoms with Crippen LogP contribution in [0.2, 0.25) is 0 Å². The molecular formula is C14H22N2O2. The molecule has 4 heteroatoms. The molecule has 0 radical (unpaired) electrons. The molecule has 1 fully saturated rings. The molecule has 1 heterocycles. The van der Waals surface area contributed by atoms with E-state index in [1.807, 2.05) is 19.3 Å². The van der Waals surface area contributed by atoms with Crippen LogP contribution in [0.25, 0.3) is 0 Å². The third-order valence-electron chi connectivity index (χ3n) is 3.85. The van der Waals surface area contributed by atoms with Gasteiger partial charge in [0.25, 0.3) is 5.56 Å². The van der Waals surface area contributed by atoms with Crippen LogP contribution in [0.4, 0.5) is 0 Å². The summed E-state index contributed by atoms with van der Waals surface area (Å²) in [7, 11) is 2.03. The van der Waals surface area contributed by atoms with Crippen LogP contribution in [0.1, 0.15) is 25.7 Å². The zero-order chi connectivity index (χ0) is 13.0. The number of aliphatic hydroxyl groups excluding tert-OH is 1. The van der Waals surface area contributed by atoms with Gasteiger partial charge in [-0.05, 0) is 26.0 Å². The predicted octanol–water partition coefficient (Wildman–Crippen LogP) is 1.08. The van der Waals surface area contributed by atoms with Crippen molar-refractivity contribution in [2.75, 3.05) is 13.6 Å². The van der Waals surface area contributed by atoms with Crippen molar-refractivity contribution in [3.05, 3.63) is 34.7 Å². The van der Waals surface area contributed by atoms with Crippen molar-refractivity contribution in [3.63, 3.8) is 0 Å². The van der Waals surface area contributed by atoms with Gasteiger partial charge in [-0.1, -0.05) is 18.9 Å². The minimum Gasteiger partial charge on any atom is -0.391 e. The number of aliphatic hydroxyl groups is 1. The second kappa shape index (κ2) is 6.16. The SMILES string of the molecule is CN(CCn1ccccc1=O)C1CCCCC1O. The van der Waals surface area contributed by atoms with E-state index in [-0.39, 0.29) is 17.7 Å². The number of hydrogen-bond donors (Lipinski definition) is 1. The molecule has 1 aliphatic rings. The van der Waals surface area contributed by atoms with Gasteiger partial charge in [-0.2, -0.15) is 0 Å². The maximum absolute atomic E-state index is 11.6. The van der Waals surface area contributed by atoms with Crippen molar-refractivity contribution < 1.29 is 5.11 Å². The van der Waals surface area contributed by atoms with E-state index in [1.165, 1.54) is 6.42 Å². The number of likely N-dealkylation sites (N-methyl/N-ethyl adjacent to an activating group) is 1. The maximum Gasteiger partial charge on any atom is 0.250 e. The van der Waals surface area contributed by atoms with E-state index in [0.29, 0.717) is 6.54 Å². The highest BCUT2D eigenvalue weighted by molar-refractivity contribution is 4.93. The summed E-state index contributed by atoms with van der Waals surface area (Å²) in [5.74, 6) is 0. The molecule has 0 aromatic carbocycles. The fourth-order valence-electron chi connectivity index (χ4n) is 2.68. The molecule has 100 valence electrons. The van der Waals surface area contributed by atoms with Crippen LogP contribution < -0.4 is 5.56 Å². The average molecular weight is 250 g/mol. The first-order valence-electron chi connectivity index (χ1n) is 6.72. The topological polar surface area (TPSA) is 45.5 Å². The molecule has 1 N–H and O–H groups in total. The molecule has 1 saturated carbocycles. The highest BCUT2D eigenvalue weighted by Gasteiger charge is 2.26. The Kier molecular flexibility index (Phi) is 4.55. The van der Waals surface area contributed by atoms with Crippen LogP contribution in [-0.4, -0.2) is 40.3 Å². The van der Waals surface area contributed by atoms with Crippen molar-refractivity contribution in [2.24, 2.45) is 0 Å². The molecule has 0 bridgehead atoms. The largest absolute Gasteiger partial charge is 0.391 e. The quantitative estimate of drug-likeness (QED) is 0.870. The fourth-order valence-corrected chi connectivity index (χ4v) is 2.68. The lowest BCUT2D eigenvalue weighted by atomic mass is 9.91. The van der Waals surface area contributed by atoms with Crippen molar-refractivity contribution in [2.45, 2.75) is 44.4 Å². The molecule has 1 aliphatic carbocycles. The lowest BCUT2D eigenvalue weighted by molar-refractivity contribution is 0.0308. The molecule has 0 spiro atoms. The first-order valence-corrected chi connectivity index (χ1v) is 6.72. The molecular weight excluding hydrogens is 228 g/mol. The Balaban J connectivity index is 1.90. The van der Waals surface area contributed by atoms with Gasteiger partial charge in [0.15, 0.2) is 0 Å². The van der Waals surface area contributed by atoms with E-state index in [4.69, 9.17) is 0 Å². The maximum atomic E-state index is 11.6. The zero-order valence-electron chi connectivity index (χ0n) is 11.0. The number of rotatable bonds is 4. The van der Waals surface area contributed by atoms with Gasteiger partial charge in [0.1, 0.15) is 0 Å². The van der Waals surface area contributed by atoms with Gasteiger partial charge in [0, 0.05) is 31.4 Å². The van der Waals surface area contributed by atoms with Crippen molar-refractivity contribution in [3.8, 4) is 0 Å². The second-order valence-corrected chi connectivity index (χ2v) is 5.13. The normalized spacial score (nSPS) is 24.4. The number of hydrogen-bond acceptors (Lipinski definition) is 3. The van der Waals surface area contributed by atoms with Gasteiger partial charge < -0.3 is 9.67 Å². The Hall–Kier alpha value is -1.13. The molecule has 1 aromatic rings. The summed E-state index contributed by atoms with van der Waals surface area (Å²) in [5.41, 5.74) is 0.0371. The van der Waals surface area contributed by atoms with E-state index >= 15 is 0 Å². The Labute approximate surface area is 108 Å². The summed E-state index contributed by atoms with van der Waals surface area (Å²) in [5, 5.41) is 9.98. The first-order chi connectivity index (χ1) is 8.68. The Morgan fingerprint density at radius 3 is 2.89 bits per heavy atom. The van der Waals surface area contributed by atoms with Crippen molar-refractivity contribution >= 4 is 0 Å². The van der Waals surface area contributed by atoms with E-state index < -0.39 is 0 Å². The van der Waals surface area contributed by atoms with Crippen LogP contribution in [0.3, 0.4) is 0 Å². The van der Waals surface area contributed by atoms with E-state index in [0.717, 1.165) is 25.8 Å². The highest BCUT2D eigenvalue weighted by atomic mass is 16.3.